The molecular formula is C7H16ClNO2. The molecule has 68 valence electrons. The van der Waals surface area contributed by atoms with Crippen LogP contribution < -0.4 is 5.73 Å². The smallest absolute Gasteiger partial charge is 0.307 e. The standard InChI is InChI=1S/C7H15NO2.ClH/c1-5(2)6(8)4-7(9)10-3;/h5-6H,4,8H2,1-3H3;1H/t6-;/m1./s1. The van der Waals surface area contributed by atoms with Gasteiger partial charge in [-0.15, -0.1) is 12.4 Å². The molecule has 0 spiro atoms. The number of halogens is 1. The van der Waals surface area contributed by atoms with Gasteiger partial charge in [0.1, 0.15) is 0 Å². The van der Waals surface area contributed by atoms with E-state index < -0.39 is 0 Å². The number of ether oxygens (including phenoxy) is 1. The first-order valence-corrected chi connectivity index (χ1v) is 3.40. The molecule has 2 N–H and O–H groups in total. The molecule has 0 fully saturated rings. The van der Waals surface area contributed by atoms with E-state index in [1.54, 1.807) is 0 Å². The summed E-state index contributed by atoms with van der Waals surface area (Å²) in [5.74, 6) is 0.0975. The molecule has 0 aromatic rings. The quantitative estimate of drug-likeness (QED) is 0.660. The van der Waals surface area contributed by atoms with Gasteiger partial charge in [0.15, 0.2) is 0 Å². The third kappa shape index (κ3) is 6.13. The zero-order valence-corrected chi connectivity index (χ0v) is 7.98. The second-order valence-corrected chi connectivity index (χ2v) is 2.69. The van der Waals surface area contributed by atoms with Crippen LogP contribution in [0.2, 0.25) is 0 Å². The molecule has 4 heteroatoms. The third-order valence-corrected chi connectivity index (χ3v) is 1.49. The Kier molecular flexibility index (Phi) is 7.79. The minimum Gasteiger partial charge on any atom is -0.469 e. The minimum absolute atomic E-state index is 0. The first-order valence-electron chi connectivity index (χ1n) is 3.40. The highest BCUT2D eigenvalue weighted by Crippen LogP contribution is 2.02. The van der Waals surface area contributed by atoms with E-state index >= 15 is 0 Å². The Bertz CT molecular complexity index is 117. The summed E-state index contributed by atoms with van der Waals surface area (Å²) in [6.45, 7) is 3.96. The number of carbonyl (C=O) groups is 1. The summed E-state index contributed by atoms with van der Waals surface area (Å²) in [5, 5.41) is 0. The number of hydrogen-bond donors (Lipinski definition) is 1. The maximum atomic E-state index is 10.6. The number of methoxy groups -OCH3 is 1. The summed E-state index contributed by atoms with van der Waals surface area (Å²) in [6, 6.07) is -0.0764. The molecule has 0 aliphatic carbocycles. The van der Waals surface area contributed by atoms with Crippen molar-refractivity contribution in [3.8, 4) is 0 Å². The first kappa shape index (κ1) is 13.3. The van der Waals surface area contributed by atoms with E-state index in [2.05, 4.69) is 4.74 Å². The molecule has 0 bridgehead atoms. The normalized spacial score (nSPS) is 12.1. The summed E-state index contributed by atoms with van der Waals surface area (Å²) < 4.78 is 4.45. The summed E-state index contributed by atoms with van der Waals surface area (Å²) in [6.07, 6.45) is 0.314. The van der Waals surface area contributed by atoms with Gasteiger partial charge in [0.05, 0.1) is 13.5 Å². The molecule has 0 amide bonds. The zero-order chi connectivity index (χ0) is 8.15. The van der Waals surface area contributed by atoms with Gasteiger partial charge in [-0.2, -0.15) is 0 Å². The molecule has 0 aromatic heterocycles. The van der Waals surface area contributed by atoms with Gasteiger partial charge >= 0.3 is 5.97 Å². The van der Waals surface area contributed by atoms with Crippen molar-refractivity contribution in [3.05, 3.63) is 0 Å². The fraction of sp³-hybridized carbons (Fsp3) is 0.857. The van der Waals surface area contributed by atoms with Crippen LogP contribution in [-0.2, 0) is 9.53 Å². The van der Waals surface area contributed by atoms with E-state index in [1.165, 1.54) is 7.11 Å². The van der Waals surface area contributed by atoms with Crippen LogP contribution in [0.4, 0.5) is 0 Å². The van der Waals surface area contributed by atoms with Gasteiger partial charge in [-0.25, -0.2) is 0 Å². The van der Waals surface area contributed by atoms with Gasteiger partial charge in [0.2, 0.25) is 0 Å². The maximum Gasteiger partial charge on any atom is 0.307 e. The molecule has 0 radical (unpaired) electrons. The topological polar surface area (TPSA) is 52.3 Å². The molecule has 11 heavy (non-hydrogen) atoms. The predicted octanol–water partition coefficient (Wildman–Crippen LogP) is 0.955. The van der Waals surface area contributed by atoms with Crippen molar-refractivity contribution >= 4 is 18.4 Å². The Hall–Kier alpha value is -0.280. The molecule has 0 unspecified atom stereocenters. The molecule has 1 atom stereocenters. The van der Waals surface area contributed by atoms with Gasteiger partial charge in [-0.05, 0) is 5.92 Å². The van der Waals surface area contributed by atoms with Gasteiger partial charge in [-0.3, -0.25) is 4.79 Å². The van der Waals surface area contributed by atoms with Crippen molar-refractivity contribution in [2.45, 2.75) is 26.3 Å². The van der Waals surface area contributed by atoms with Crippen molar-refractivity contribution in [3.63, 3.8) is 0 Å². The summed E-state index contributed by atoms with van der Waals surface area (Å²) in [5.41, 5.74) is 5.59. The van der Waals surface area contributed by atoms with E-state index in [0.29, 0.717) is 12.3 Å². The van der Waals surface area contributed by atoms with E-state index in [1.807, 2.05) is 13.8 Å². The molecule has 0 aliphatic rings. The highest BCUT2D eigenvalue weighted by atomic mass is 35.5. The molecule has 0 saturated carbocycles. The molecular weight excluding hydrogens is 166 g/mol. The maximum absolute atomic E-state index is 10.6. The summed E-state index contributed by atoms with van der Waals surface area (Å²) in [7, 11) is 1.37. The molecule has 3 nitrogen and oxygen atoms in total. The molecule has 0 aliphatic heterocycles. The Balaban J connectivity index is 0. The summed E-state index contributed by atoms with van der Waals surface area (Å²) in [4.78, 5) is 10.6. The van der Waals surface area contributed by atoms with E-state index in [4.69, 9.17) is 5.73 Å². The van der Waals surface area contributed by atoms with Crippen molar-refractivity contribution in [1.29, 1.82) is 0 Å². The molecule has 0 heterocycles. The Morgan fingerprint density at radius 3 is 2.27 bits per heavy atom. The summed E-state index contributed by atoms with van der Waals surface area (Å²) >= 11 is 0. The average molecular weight is 182 g/mol. The van der Waals surface area contributed by atoms with E-state index in [0.717, 1.165) is 0 Å². The SMILES string of the molecule is COC(=O)C[C@@H](N)C(C)C.Cl. The Morgan fingerprint density at radius 1 is 1.55 bits per heavy atom. The van der Waals surface area contributed by atoms with E-state index in [9.17, 15) is 4.79 Å². The number of nitrogens with two attached hydrogens (primary N) is 1. The number of carbonyl (C=O) groups excluding carboxylic acids is 1. The lowest BCUT2D eigenvalue weighted by Gasteiger charge is -2.12. The number of esters is 1. The predicted molar refractivity (Wildman–Crippen MR) is 46.7 cm³/mol. The fourth-order valence-electron chi connectivity index (χ4n) is 0.511. The van der Waals surface area contributed by atoms with Crippen LogP contribution in [0.15, 0.2) is 0 Å². The van der Waals surface area contributed by atoms with Crippen molar-refractivity contribution in [2.24, 2.45) is 11.7 Å². The lowest BCUT2D eigenvalue weighted by Crippen LogP contribution is -2.29. The minimum atomic E-state index is -0.235. The highest BCUT2D eigenvalue weighted by molar-refractivity contribution is 5.85. The van der Waals surface area contributed by atoms with Crippen LogP contribution >= 0.6 is 12.4 Å². The van der Waals surface area contributed by atoms with Crippen LogP contribution in [0.3, 0.4) is 0 Å². The lowest BCUT2D eigenvalue weighted by molar-refractivity contribution is -0.141. The fourth-order valence-corrected chi connectivity index (χ4v) is 0.511. The number of hydrogen-bond acceptors (Lipinski definition) is 3. The van der Waals surface area contributed by atoms with E-state index in [-0.39, 0.29) is 24.4 Å². The van der Waals surface area contributed by atoms with Crippen LogP contribution in [0.25, 0.3) is 0 Å². The Labute approximate surface area is 73.7 Å². The monoisotopic (exact) mass is 181 g/mol. The highest BCUT2D eigenvalue weighted by Gasteiger charge is 2.12. The van der Waals surface area contributed by atoms with Crippen LogP contribution in [-0.4, -0.2) is 19.1 Å². The van der Waals surface area contributed by atoms with Gasteiger partial charge in [-0.1, -0.05) is 13.8 Å². The van der Waals surface area contributed by atoms with Gasteiger partial charge < -0.3 is 10.5 Å². The zero-order valence-electron chi connectivity index (χ0n) is 7.16. The molecule has 0 saturated heterocycles. The van der Waals surface area contributed by atoms with Crippen LogP contribution in [0.5, 0.6) is 0 Å². The average Bonchev–Trinajstić information content (AvgIpc) is 1.87. The van der Waals surface area contributed by atoms with Crippen molar-refractivity contribution < 1.29 is 9.53 Å². The van der Waals surface area contributed by atoms with Crippen molar-refractivity contribution in [1.82, 2.24) is 0 Å². The lowest BCUT2D eigenvalue weighted by atomic mass is 10.0. The molecule has 0 aromatic carbocycles. The first-order chi connectivity index (χ1) is 4.57. The van der Waals surface area contributed by atoms with Crippen molar-refractivity contribution in [2.75, 3.05) is 7.11 Å². The van der Waals surface area contributed by atoms with Crippen LogP contribution in [0, 0.1) is 5.92 Å². The second-order valence-electron chi connectivity index (χ2n) is 2.69. The van der Waals surface area contributed by atoms with Gasteiger partial charge in [0, 0.05) is 6.04 Å². The van der Waals surface area contributed by atoms with Crippen LogP contribution in [0.1, 0.15) is 20.3 Å². The van der Waals surface area contributed by atoms with Gasteiger partial charge in [0.25, 0.3) is 0 Å². The third-order valence-electron chi connectivity index (χ3n) is 1.49. The second kappa shape index (κ2) is 6.43. The number of rotatable bonds is 3. The Morgan fingerprint density at radius 2 is 2.00 bits per heavy atom. The molecule has 0 rings (SSSR count). The largest absolute Gasteiger partial charge is 0.469 e.